The summed E-state index contributed by atoms with van der Waals surface area (Å²) in [5.41, 5.74) is 2.19. The van der Waals surface area contributed by atoms with E-state index in [9.17, 15) is 15.2 Å². The lowest BCUT2D eigenvalue weighted by atomic mass is 10.1. The quantitative estimate of drug-likeness (QED) is 0.575. The molecule has 0 heterocycles. The smallest absolute Gasteiger partial charge is 0.266 e. The summed E-state index contributed by atoms with van der Waals surface area (Å²) in [6, 6.07) is 12.4. The van der Waals surface area contributed by atoms with Gasteiger partial charge in [0, 0.05) is 5.69 Å². The van der Waals surface area contributed by atoms with E-state index in [0.717, 1.165) is 5.56 Å². The number of phenols is 1. The van der Waals surface area contributed by atoms with Gasteiger partial charge in [-0.25, -0.2) is 0 Å². The van der Waals surface area contributed by atoms with E-state index in [1.807, 2.05) is 25.1 Å². The van der Waals surface area contributed by atoms with Crippen LogP contribution in [0.2, 0.25) is 0 Å². The van der Waals surface area contributed by atoms with Gasteiger partial charge >= 0.3 is 0 Å². The van der Waals surface area contributed by atoms with E-state index in [1.54, 1.807) is 31.2 Å². The first-order chi connectivity index (χ1) is 11.9. The maximum absolute atomic E-state index is 12.3. The van der Waals surface area contributed by atoms with E-state index in [0.29, 0.717) is 22.3 Å². The van der Waals surface area contributed by atoms with Crippen molar-refractivity contribution in [2.45, 2.75) is 13.8 Å². The first-order valence-corrected chi connectivity index (χ1v) is 8.39. The number of nitriles is 1. The maximum atomic E-state index is 12.3. The normalized spacial score (nSPS) is 10.9. The lowest BCUT2D eigenvalue weighted by Gasteiger charge is -2.09. The topological polar surface area (TPSA) is 82.3 Å². The molecule has 5 nitrogen and oxygen atoms in total. The molecular weight excluding hydrogens is 384 g/mol. The monoisotopic (exact) mass is 400 g/mol. The van der Waals surface area contributed by atoms with Crippen LogP contribution in [0.4, 0.5) is 5.69 Å². The number of nitrogens with zero attached hydrogens (tertiary/aromatic N) is 1. The second-order valence-electron chi connectivity index (χ2n) is 5.27. The zero-order valence-corrected chi connectivity index (χ0v) is 15.4. The van der Waals surface area contributed by atoms with E-state index in [4.69, 9.17) is 4.74 Å². The third-order valence-corrected chi connectivity index (χ3v) is 3.94. The standard InChI is InChI=1S/C19H17BrN2O3/c1-3-25-17-10-13(9-16(20)18(17)23)8-14(11-21)19(24)22-15-6-4-12(2)5-7-15/h4-10,23H,3H2,1-2H3,(H,22,24). The molecule has 0 saturated heterocycles. The largest absolute Gasteiger partial charge is 0.503 e. The fourth-order valence-electron chi connectivity index (χ4n) is 2.09. The fraction of sp³-hybridized carbons (Fsp3) is 0.158. The zero-order valence-electron chi connectivity index (χ0n) is 13.8. The van der Waals surface area contributed by atoms with E-state index >= 15 is 0 Å². The van der Waals surface area contributed by atoms with Gasteiger partial charge in [0.1, 0.15) is 11.6 Å². The third-order valence-electron chi connectivity index (χ3n) is 3.34. The van der Waals surface area contributed by atoms with Gasteiger partial charge in [-0.15, -0.1) is 0 Å². The molecule has 25 heavy (non-hydrogen) atoms. The molecule has 0 spiro atoms. The number of benzene rings is 2. The number of amides is 1. The number of halogens is 1. The number of rotatable bonds is 5. The first kappa shape index (κ1) is 18.6. The number of ether oxygens (including phenoxy) is 1. The molecule has 0 aromatic heterocycles. The fourth-order valence-corrected chi connectivity index (χ4v) is 2.55. The molecule has 0 fully saturated rings. The number of nitrogens with one attached hydrogen (secondary N) is 1. The second kappa shape index (κ2) is 8.36. The number of hydrogen-bond acceptors (Lipinski definition) is 4. The Balaban J connectivity index is 2.29. The molecule has 0 radical (unpaired) electrons. The number of aryl methyl sites for hydroxylation is 1. The number of aromatic hydroxyl groups is 1. The Kier molecular flexibility index (Phi) is 6.20. The Morgan fingerprint density at radius 3 is 2.64 bits per heavy atom. The Bertz CT molecular complexity index is 852. The van der Waals surface area contributed by atoms with Gasteiger partial charge in [-0.1, -0.05) is 17.7 Å². The van der Waals surface area contributed by atoms with Crippen molar-refractivity contribution in [2.75, 3.05) is 11.9 Å². The molecule has 0 aliphatic heterocycles. The van der Waals surface area contributed by atoms with E-state index in [-0.39, 0.29) is 17.1 Å². The SMILES string of the molecule is CCOc1cc(C=C(C#N)C(=O)Nc2ccc(C)cc2)cc(Br)c1O. The number of anilines is 1. The van der Waals surface area contributed by atoms with E-state index in [1.165, 1.54) is 6.08 Å². The zero-order chi connectivity index (χ0) is 18.4. The summed E-state index contributed by atoms with van der Waals surface area (Å²) in [5.74, 6) is -0.255. The Morgan fingerprint density at radius 1 is 1.36 bits per heavy atom. The van der Waals surface area contributed by atoms with Gasteiger partial charge in [-0.05, 0) is 65.7 Å². The number of phenolic OH excluding ortho intramolecular Hbond substituents is 1. The van der Waals surface area contributed by atoms with Crippen LogP contribution in [0.25, 0.3) is 6.08 Å². The lowest BCUT2D eigenvalue weighted by Crippen LogP contribution is -2.13. The molecule has 128 valence electrons. The molecule has 0 aliphatic rings. The first-order valence-electron chi connectivity index (χ1n) is 7.59. The van der Waals surface area contributed by atoms with Crippen molar-refractivity contribution < 1.29 is 14.6 Å². The Morgan fingerprint density at radius 2 is 2.04 bits per heavy atom. The van der Waals surface area contributed by atoms with Crippen LogP contribution in [0.15, 0.2) is 46.4 Å². The minimum absolute atomic E-state index is 0.0263. The maximum Gasteiger partial charge on any atom is 0.266 e. The van der Waals surface area contributed by atoms with Gasteiger partial charge < -0.3 is 15.2 Å². The third kappa shape index (κ3) is 4.85. The van der Waals surface area contributed by atoms with Crippen molar-refractivity contribution in [3.05, 3.63) is 57.6 Å². The van der Waals surface area contributed by atoms with Crippen molar-refractivity contribution in [2.24, 2.45) is 0 Å². The molecule has 2 N–H and O–H groups in total. The highest BCUT2D eigenvalue weighted by Crippen LogP contribution is 2.36. The van der Waals surface area contributed by atoms with Crippen molar-refractivity contribution in [3.8, 4) is 17.6 Å². The van der Waals surface area contributed by atoms with Crippen LogP contribution in [0.5, 0.6) is 11.5 Å². The predicted molar refractivity (Wildman–Crippen MR) is 100 cm³/mol. The molecular formula is C19H17BrN2O3. The summed E-state index contributed by atoms with van der Waals surface area (Å²) in [7, 11) is 0. The summed E-state index contributed by atoms with van der Waals surface area (Å²) in [6.45, 7) is 4.13. The van der Waals surface area contributed by atoms with Crippen LogP contribution in [0.3, 0.4) is 0 Å². The highest BCUT2D eigenvalue weighted by atomic mass is 79.9. The van der Waals surface area contributed by atoms with Gasteiger partial charge in [-0.2, -0.15) is 5.26 Å². The summed E-state index contributed by atoms with van der Waals surface area (Å²) in [4.78, 5) is 12.3. The molecule has 0 atom stereocenters. The molecule has 0 aliphatic carbocycles. The minimum atomic E-state index is -0.506. The summed E-state index contributed by atoms with van der Waals surface area (Å²) in [6.07, 6.45) is 1.44. The molecule has 0 bridgehead atoms. The molecule has 2 aromatic rings. The highest BCUT2D eigenvalue weighted by molar-refractivity contribution is 9.10. The summed E-state index contributed by atoms with van der Waals surface area (Å²) >= 11 is 3.23. The molecule has 6 heteroatoms. The molecule has 2 aromatic carbocycles. The van der Waals surface area contributed by atoms with Crippen molar-refractivity contribution in [1.82, 2.24) is 0 Å². The average Bonchev–Trinajstić information content (AvgIpc) is 2.59. The van der Waals surface area contributed by atoms with E-state index in [2.05, 4.69) is 21.2 Å². The Hall–Kier alpha value is -2.78. The average molecular weight is 401 g/mol. The van der Waals surface area contributed by atoms with Gasteiger partial charge in [0.25, 0.3) is 5.91 Å². The van der Waals surface area contributed by atoms with Gasteiger partial charge in [0.2, 0.25) is 0 Å². The Labute approximate surface area is 154 Å². The van der Waals surface area contributed by atoms with Crippen LogP contribution >= 0.6 is 15.9 Å². The van der Waals surface area contributed by atoms with Crippen LogP contribution in [0, 0.1) is 18.3 Å². The van der Waals surface area contributed by atoms with Crippen LogP contribution in [0.1, 0.15) is 18.1 Å². The van der Waals surface area contributed by atoms with Crippen molar-refractivity contribution in [1.29, 1.82) is 5.26 Å². The molecule has 0 unspecified atom stereocenters. The van der Waals surface area contributed by atoms with Gasteiger partial charge in [0.15, 0.2) is 11.5 Å². The van der Waals surface area contributed by atoms with Gasteiger partial charge in [-0.3, -0.25) is 4.79 Å². The number of hydrogen-bond donors (Lipinski definition) is 2. The number of carbonyl (C=O) groups is 1. The van der Waals surface area contributed by atoms with Crippen molar-refractivity contribution >= 4 is 33.6 Å². The number of carbonyl (C=O) groups excluding carboxylic acids is 1. The second-order valence-corrected chi connectivity index (χ2v) is 6.13. The van der Waals surface area contributed by atoms with E-state index < -0.39 is 5.91 Å². The van der Waals surface area contributed by atoms with Gasteiger partial charge in [0.05, 0.1) is 11.1 Å². The van der Waals surface area contributed by atoms with Crippen LogP contribution < -0.4 is 10.1 Å². The highest BCUT2D eigenvalue weighted by Gasteiger charge is 2.12. The molecule has 0 saturated carbocycles. The molecule has 2 rings (SSSR count). The summed E-state index contributed by atoms with van der Waals surface area (Å²) < 4.78 is 5.77. The lowest BCUT2D eigenvalue weighted by molar-refractivity contribution is -0.112. The summed E-state index contributed by atoms with van der Waals surface area (Å²) in [5, 5.41) is 21.9. The predicted octanol–water partition coefficient (Wildman–Crippen LogP) is 4.41. The van der Waals surface area contributed by atoms with Crippen LogP contribution in [-0.2, 0) is 4.79 Å². The minimum Gasteiger partial charge on any atom is -0.503 e. The van der Waals surface area contributed by atoms with Crippen molar-refractivity contribution in [3.63, 3.8) is 0 Å². The van der Waals surface area contributed by atoms with Crippen LogP contribution in [-0.4, -0.2) is 17.6 Å². The molecule has 1 amide bonds.